The second kappa shape index (κ2) is 3.79. The van der Waals surface area contributed by atoms with Gasteiger partial charge in [0.2, 0.25) is 0 Å². The number of benzene rings is 1. The van der Waals surface area contributed by atoms with Crippen molar-refractivity contribution in [2.75, 3.05) is 7.11 Å². The summed E-state index contributed by atoms with van der Waals surface area (Å²) in [5, 5.41) is 9.50. The number of halogens is 1. The maximum Gasteiger partial charge on any atom is 0.341 e. The van der Waals surface area contributed by atoms with Gasteiger partial charge in [-0.15, -0.1) is 0 Å². The fraction of sp³-hybridized carbons (Fsp3) is 0.222. The van der Waals surface area contributed by atoms with E-state index in [1.165, 1.54) is 13.2 Å². The van der Waals surface area contributed by atoms with Gasteiger partial charge >= 0.3 is 5.97 Å². The molecule has 0 saturated carbocycles. The van der Waals surface area contributed by atoms with Crippen LogP contribution in [-0.4, -0.2) is 18.2 Å². The lowest BCUT2D eigenvalue weighted by Crippen LogP contribution is -2.02. The quantitative estimate of drug-likeness (QED) is 0.772. The number of phenolic OH excluding ortho intramolecular Hbond substituents is 1. The summed E-state index contributed by atoms with van der Waals surface area (Å²) < 4.78 is 5.25. The highest BCUT2D eigenvalue weighted by Crippen LogP contribution is 2.26. The third-order valence-electron chi connectivity index (χ3n) is 1.67. The molecule has 1 N–H and O–H groups in total. The molecule has 70 valence electrons. The third-order valence-corrected chi connectivity index (χ3v) is 2.13. The van der Waals surface area contributed by atoms with Crippen LogP contribution < -0.4 is 0 Å². The molecule has 0 unspecified atom stereocenters. The topological polar surface area (TPSA) is 46.5 Å². The lowest BCUT2D eigenvalue weighted by atomic mass is 10.1. The van der Waals surface area contributed by atoms with E-state index < -0.39 is 5.97 Å². The normalized spacial score (nSPS) is 9.77. The lowest BCUT2D eigenvalue weighted by molar-refractivity contribution is 0.0597. The SMILES string of the molecule is COC(=O)c1cc(Br)cc(C)c1O. The van der Waals surface area contributed by atoms with E-state index in [0.29, 0.717) is 5.56 Å². The van der Waals surface area contributed by atoms with E-state index in [2.05, 4.69) is 20.7 Å². The molecule has 0 atom stereocenters. The van der Waals surface area contributed by atoms with Gasteiger partial charge in [0.05, 0.1) is 7.11 Å². The van der Waals surface area contributed by atoms with Crippen LogP contribution in [0.15, 0.2) is 16.6 Å². The number of carbonyl (C=O) groups is 1. The largest absolute Gasteiger partial charge is 0.507 e. The summed E-state index contributed by atoms with van der Waals surface area (Å²) in [6.45, 7) is 1.71. The van der Waals surface area contributed by atoms with Gasteiger partial charge in [0.1, 0.15) is 11.3 Å². The van der Waals surface area contributed by atoms with E-state index in [1.807, 2.05) is 0 Å². The predicted molar refractivity (Wildman–Crippen MR) is 51.9 cm³/mol. The van der Waals surface area contributed by atoms with Crippen LogP contribution in [0.2, 0.25) is 0 Å². The first kappa shape index (κ1) is 10.1. The minimum absolute atomic E-state index is 0.0324. The summed E-state index contributed by atoms with van der Waals surface area (Å²) in [7, 11) is 1.28. The Morgan fingerprint density at radius 1 is 1.54 bits per heavy atom. The van der Waals surface area contributed by atoms with Crippen LogP contribution in [0.4, 0.5) is 0 Å². The Balaban J connectivity index is 3.28. The summed E-state index contributed by atoms with van der Waals surface area (Å²) in [5.41, 5.74) is 0.809. The number of aryl methyl sites for hydroxylation is 1. The van der Waals surface area contributed by atoms with Crippen molar-refractivity contribution in [1.29, 1.82) is 0 Å². The van der Waals surface area contributed by atoms with Gasteiger partial charge in [-0.2, -0.15) is 0 Å². The zero-order chi connectivity index (χ0) is 10.0. The molecule has 0 aromatic heterocycles. The summed E-state index contributed by atoms with van der Waals surface area (Å²) in [5.74, 6) is -0.572. The minimum atomic E-state index is -0.540. The molecule has 0 saturated heterocycles. The first-order valence-corrected chi connectivity index (χ1v) is 4.43. The Morgan fingerprint density at radius 2 is 2.15 bits per heavy atom. The van der Waals surface area contributed by atoms with E-state index in [1.54, 1.807) is 13.0 Å². The zero-order valence-electron chi connectivity index (χ0n) is 7.30. The number of phenols is 1. The molecule has 0 aliphatic carbocycles. The molecule has 0 heterocycles. The fourth-order valence-electron chi connectivity index (χ4n) is 1.00. The van der Waals surface area contributed by atoms with Crippen LogP contribution in [0.1, 0.15) is 15.9 Å². The zero-order valence-corrected chi connectivity index (χ0v) is 8.88. The van der Waals surface area contributed by atoms with E-state index in [4.69, 9.17) is 0 Å². The minimum Gasteiger partial charge on any atom is -0.507 e. The van der Waals surface area contributed by atoms with Gasteiger partial charge in [-0.05, 0) is 24.6 Å². The molecule has 0 radical (unpaired) electrons. The van der Waals surface area contributed by atoms with Crippen LogP contribution in [0, 0.1) is 6.92 Å². The van der Waals surface area contributed by atoms with E-state index >= 15 is 0 Å². The van der Waals surface area contributed by atoms with Gasteiger partial charge in [0.15, 0.2) is 0 Å². The molecule has 1 aromatic rings. The van der Waals surface area contributed by atoms with Gasteiger partial charge in [-0.25, -0.2) is 4.79 Å². The standard InChI is InChI=1S/C9H9BrO3/c1-5-3-6(10)4-7(8(5)11)9(12)13-2/h3-4,11H,1-2H3. The smallest absolute Gasteiger partial charge is 0.341 e. The Morgan fingerprint density at radius 3 is 2.69 bits per heavy atom. The number of rotatable bonds is 1. The van der Waals surface area contributed by atoms with Gasteiger partial charge in [-0.3, -0.25) is 0 Å². The first-order chi connectivity index (χ1) is 6.06. The van der Waals surface area contributed by atoms with Crippen molar-refractivity contribution in [3.63, 3.8) is 0 Å². The van der Waals surface area contributed by atoms with Crippen molar-refractivity contribution < 1.29 is 14.6 Å². The number of esters is 1. The number of methoxy groups -OCH3 is 1. The maximum absolute atomic E-state index is 11.1. The summed E-state index contributed by atoms with van der Waals surface area (Å²) >= 11 is 3.23. The molecule has 1 rings (SSSR count). The summed E-state index contributed by atoms with van der Waals surface area (Å²) in [4.78, 5) is 11.1. The van der Waals surface area contributed by atoms with Crippen molar-refractivity contribution in [3.05, 3.63) is 27.7 Å². The van der Waals surface area contributed by atoms with Crippen molar-refractivity contribution >= 4 is 21.9 Å². The average molecular weight is 245 g/mol. The molecule has 0 bridgehead atoms. The number of aromatic hydroxyl groups is 1. The molecule has 0 amide bonds. The second-order valence-electron chi connectivity index (χ2n) is 2.61. The highest BCUT2D eigenvalue weighted by Gasteiger charge is 2.13. The molecule has 0 aliphatic heterocycles. The molecule has 1 aromatic carbocycles. The van der Waals surface area contributed by atoms with Gasteiger partial charge < -0.3 is 9.84 Å². The van der Waals surface area contributed by atoms with Crippen molar-refractivity contribution in [2.24, 2.45) is 0 Å². The Hall–Kier alpha value is -1.03. The number of carbonyl (C=O) groups excluding carboxylic acids is 1. The van der Waals surface area contributed by atoms with Crippen molar-refractivity contribution in [1.82, 2.24) is 0 Å². The number of hydrogen-bond acceptors (Lipinski definition) is 3. The van der Waals surface area contributed by atoms with Crippen LogP contribution in [0.5, 0.6) is 5.75 Å². The highest BCUT2D eigenvalue weighted by atomic mass is 79.9. The fourth-order valence-corrected chi connectivity index (χ4v) is 1.57. The predicted octanol–water partition coefficient (Wildman–Crippen LogP) is 2.25. The van der Waals surface area contributed by atoms with Crippen LogP contribution in [0.3, 0.4) is 0 Å². The van der Waals surface area contributed by atoms with Gasteiger partial charge in [-0.1, -0.05) is 15.9 Å². The lowest BCUT2D eigenvalue weighted by Gasteiger charge is -2.05. The maximum atomic E-state index is 11.1. The molecule has 3 nitrogen and oxygen atoms in total. The van der Waals surface area contributed by atoms with E-state index in [-0.39, 0.29) is 11.3 Å². The van der Waals surface area contributed by atoms with E-state index in [9.17, 15) is 9.90 Å². The van der Waals surface area contributed by atoms with Crippen molar-refractivity contribution in [3.8, 4) is 5.75 Å². The molecule has 0 fully saturated rings. The van der Waals surface area contributed by atoms with Crippen LogP contribution in [-0.2, 0) is 4.74 Å². The Kier molecular flexibility index (Phi) is 2.93. The van der Waals surface area contributed by atoms with Gasteiger partial charge in [0.25, 0.3) is 0 Å². The average Bonchev–Trinajstić information content (AvgIpc) is 2.10. The molecule has 0 aliphatic rings. The number of ether oxygens (including phenoxy) is 1. The molecule has 13 heavy (non-hydrogen) atoms. The molecule has 4 heteroatoms. The second-order valence-corrected chi connectivity index (χ2v) is 3.53. The Bertz CT molecular complexity index is 347. The monoisotopic (exact) mass is 244 g/mol. The summed E-state index contributed by atoms with van der Waals surface area (Å²) in [6.07, 6.45) is 0. The summed E-state index contributed by atoms with van der Waals surface area (Å²) in [6, 6.07) is 3.25. The molecule has 0 spiro atoms. The van der Waals surface area contributed by atoms with E-state index in [0.717, 1.165) is 4.47 Å². The van der Waals surface area contributed by atoms with Crippen molar-refractivity contribution in [2.45, 2.75) is 6.92 Å². The van der Waals surface area contributed by atoms with Crippen LogP contribution >= 0.6 is 15.9 Å². The Labute approximate surface area is 84.5 Å². The first-order valence-electron chi connectivity index (χ1n) is 3.63. The van der Waals surface area contributed by atoms with Gasteiger partial charge in [0, 0.05) is 4.47 Å². The third kappa shape index (κ3) is 2.01. The number of hydrogen-bond donors (Lipinski definition) is 1. The highest BCUT2D eigenvalue weighted by molar-refractivity contribution is 9.10. The molecular formula is C9H9BrO3. The van der Waals surface area contributed by atoms with Crippen LogP contribution in [0.25, 0.3) is 0 Å². The molecular weight excluding hydrogens is 236 g/mol.